The molecule has 0 unspecified atom stereocenters. The molecule has 3 nitrogen and oxygen atoms in total. The molecule has 0 saturated carbocycles. The van der Waals surface area contributed by atoms with Crippen molar-refractivity contribution in [3.63, 3.8) is 0 Å². The standard InChI is InChI=1S/C2H2N2S.OS/c1-2-5-4-3-1;1-2/h1-2H;. The van der Waals surface area contributed by atoms with E-state index in [9.17, 15) is 0 Å². The Bertz CT molecular complexity index is 80.6. The summed E-state index contributed by atoms with van der Waals surface area (Å²) >= 11 is 4.19. The first-order valence-corrected chi connectivity index (χ1v) is 2.55. The first-order chi connectivity index (χ1) is 3.50. The minimum absolute atomic E-state index is 1.35. The van der Waals surface area contributed by atoms with E-state index in [0.717, 1.165) is 0 Å². The molecule has 0 aliphatic rings. The van der Waals surface area contributed by atoms with Gasteiger partial charge < -0.3 is 0 Å². The number of nitrogens with zero attached hydrogens (tertiary/aromatic N) is 2. The van der Waals surface area contributed by atoms with E-state index in [1.807, 2.05) is 5.38 Å². The van der Waals surface area contributed by atoms with Gasteiger partial charge >= 0.3 is 0 Å². The van der Waals surface area contributed by atoms with Crippen LogP contribution in [0.1, 0.15) is 0 Å². The Morgan fingerprint density at radius 2 is 2.29 bits per heavy atom. The average Bonchev–Trinajstić information content (AvgIpc) is 2.23. The van der Waals surface area contributed by atoms with Crippen molar-refractivity contribution in [3.05, 3.63) is 11.6 Å². The molecule has 0 N–H and O–H groups in total. The number of hydrogen-bond donors (Lipinski definition) is 0. The molecule has 0 atom stereocenters. The molecule has 5 heteroatoms. The lowest BCUT2D eigenvalue weighted by Crippen LogP contribution is -1.51. The largest absolute Gasteiger partial charge is 0.197 e. The molecule has 38 valence electrons. The quantitative estimate of drug-likeness (QED) is 0.508. The first-order valence-electron chi connectivity index (χ1n) is 1.38. The maximum atomic E-state index is 7.83. The Kier molecular flexibility index (Phi) is 5.25. The van der Waals surface area contributed by atoms with Crippen LogP contribution in [-0.4, -0.2) is 13.8 Å². The predicted octanol–water partition coefficient (Wildman–Crippen LogP) is 0.202. The zero-order chi connectivity index (χ0) is 5.54. The molecule has 0 bridgehead atoms. The normalized spacial score (nSPS) is 6.29. The zero-order valence-electron chi connectivity index (χ0n) is 3.27. The van der Waals surface area contributed by atoms with Crippen molar-refractivity contribution in [3.8, 4) is 0 Å². The van der Waals surface area contributed by atoms with Gasteiger partial charge in [-0.3, -0.25) is 0 Å². The number of aromatic nitrogens is 2. The average molecular weight is 134 g/mol. The predicted molar refractivity (Wildman–Crippen MR) is 28.1 cm³/mol. The highest BCUT2D eigenvalue weighted by atomic mass is 32.1. The Morgan fingerprint density at radius 3 is 2.43 bits per heavy atom. The van der Waals surface area contributed by atoms with Gasteiger partial charge in [0.05, 0.1) is 6.20 Å². The van der Waals surface area contributed by atoms with Gasteiger partial charge in [-0.15, -0.1) is 5.10 Å². The van der Waals surface area contributed by atoms with Crippen LogP contribution < -0.4 is 0 Å². The molecule has 0 aliphatic carbocycles. The fourth-order valence-electron chi connectivity index (χ4n) is 0.136. The van der Waals surface area contributed by atoms with Crippen molar-refractivity contribution >= 4 is 24.1 Å². The van der Waals surface area contributed by atoms with E-state index in [2.05, 4.69) is 22.1 Å². The van der Waals surface area contributed by atoms with E-state index in [-0.39, 0.29) is 0 Å². The Labute approximate surface area is 50.1 Å². The van der Waals surface area contributed by atoms with Crippen LogP contribution in [0.15, 0.2) is 11.6 Å². The van der Waals surface area contributed by atoms with Crippen LogP contribution in [0.3, 0.4) is 0 Å². The third-order valence-corrected chi connectivity index (χ3v) is 0.715. The lowest BCUT2D eigenvalue weighted by Gasteiger charge is -1.40. The van der Waals surface area contributed by atoms with Crippen molar-refractivity contribution in [2.24, 2.45) is 0 Å². The van der Waals surface area contributed by atoms with Crippen LogP contribution in [0.25, 0.3) is 0 Å². The van der Waals surface area contributed by atoms with E-state index < -0.39 is 0 Å². The van der Waals surface area contributed by atoms with Gasteiger partial charge in [-0.25, -0.2) is 0 Å². The van der Waals surface area contributed by atoms with Gasteiger partial charge in [-0.1, -0.05) is 4.49 Å². The fraction of sp³-hybridized carbons (Fsp3) is 0. The summed E-state index contributed by atoms with van der Waals surface area (Å²) < 4.78 is 11.3. The highest BCUT2D eigenvalue weighted by Gasteiger charge is 1.61. The summed E-state index contributed by atoms with van der Waals surface area (Å²) in [7, 11) is 0. The van der Waals surface area contributed by atoms with Crippen LogP contribution in [0.5, 0.6) is 0 Å². The molecule has 1 heterocycles. The molecular weight excluding hydrogens is 132 g/mol. The molecule has 0 aliphatic heterocycles. The van der Waals surface area contributed by atoms with Crippen LogP contribution >= 0.6 is 11.5 Å². The molecule has 1 rings (SSSR count). The summed E-state index contributed by atoms with van der Waals surface area (Å²) in [5.41, 5.74) is 0. The van der Waals surface area contributed by atoms with E-state index in [1.165, 1.54) is 11.5 Å². The molecule has 0 saturated heterocycles. The van der Waals surface area contributed by atoms with E-state index >= 15 is 0 Å². The maximum Gasteiger partial charge on any atom is 0.197 e. The summed E-state index contributed by atoms with van der Waals surface area (Å²) in [6, 6.07) is 0. The number of rotatable bonds is 0. The van der Waals surface area contributed by atoms with Crippen molar-refractivity contribution < 1.29 is 4.21 Å². The Balaban J connectivity index is 0.000000162. The lowest BCUT2D eigenvalue weighted by atomic mass is 11.1. The summed E-state index contributed by atoms with van der Waals surface area (Å²) in [6.07, 6.45) is 1.66. The molecule has 0 amide bonds. The van der Waals surface area contributed by atoms with Gasteiger partial charge in [0.25, 0.3) is 0 Å². The summed E-state index contributed by atoms with van der Waals surface area (Å²) in [5.74, 6) is 0. The molecule has 0 fully saturated rings. The molecule has 7 heavy (non-hydrogen) atoms. The van der Waals surface area contributed by atoms with Gasteiger partial charge in [-0.05, 0) is 11.5 Å². The molecule has 0 spiro atoms. The molecule has 0 radical (unpaired) electrons. The van der Waals surface area contributed by atoms with Crippen molar-refractivity contribution in [1.82, 2.24) is 9.59 Å². The third-order valence-electron chi connectivity index (χ3n) is 0.283. The molecular formula is C2H2N2OS2. The maximum absolute atomic E-state index is 7.83. The highest BCUT2D eigenvalue weighted by molar-refractivity contribution is 7.44. The van der Waals surface area contributed by atoms with Crippen molar-refractivity contribution in [1.29, 1.82) is 0 Å². The Morgan fingerprint density at radius 1 is 1.57 bits per heavy atom. The summed E-state index contributed by atoms with van der Waals surface area (Å²) in [5, 5.41) is 5.31. The zero-order valence-corrected chi connectivity index (χ0v) is 4.91. The van der Waals surface area contributed by atoms with Crippen LogP contribution in [-0.2, 0) is 12.5 Å². The topological polar surface area (TPSA) is 42.9 Å². The minimum Gasteiger partial charge on any atom is -0.197 e. The third kappa shape index (κ3) is 3.41. The van der Waals surface area contributed by atoms with Crippen molar-refractivity contribution in [2.45, 2.75) is 0 Å². The monoisotopic (exact) mass is 134 g/mol. The highest BCUT2D eigenvalue weighted by Crippen LogP contribution is 1.78. The van der Waals surface area contributed by atoms with Gasteiger partial charge in [0.2, 0.25) is 0 Å². The molecule has 1 aromatic heterocycles. The number of hydrogen-bond acceptors (Lipinski definition) is 5. The van der Waals surface area contributed by atoms with Crippen LogP contribution in [0, 0.1) is 0 Å². The van der Waals surface area contributed by atoms with E-state index in [0.29, 0.717) is 0 Å². The SMILES string of the molecule is O=S.c1csnn1. The Hall–Kier alpha value is -0.420. The van der Waals surface area contributed by atoms with Crippen molar-refractivity contribution in [2.75, 3.05) is 0 Å². The molecule has 1 aromatic rings. The summed E-state index contributed by atoms with van der Waals surface area (Å²) in [4.78, 5) is 0. The second-order valence-electron chi connectivity index (χ2n) is 0.588. The second kappa shape index (κ2) is 5.58. The molecule has 0 aromatic carbocycles. The fourth-order valence-corrected chi connectivity index (χ4v) is 0.408. The van der Waals surface area contributed by atoms with Gasteiger partial charge in [0, 0.05) is 5.38 Å². The van der Waals surface area contributed by atoms with Gasteiger partial charge in [0.1, 0.15) is 0 Å². The summed E-state index contributed by atoms with van der Waals surface area (Å²) in [6.45, 7) is 0. The van der Waals surface area contributed by atoms with Gasteiger partial charge in [-0.2, -0.15) is 4.21 Å². The smallest absolute Gasteiger partial charge is 0.197 e. The van der Waals surface area contributed by atoms with E-state index in [4.69, 9.17) is 4.21 Å². The first kappa shape index (κ1) is 6.58. The van der Waals surface area contributed by atoms with Crippen LogP contribution in [0.2, 0.25) is 0 Å². The minimum atomic E-state index is 1.35. The lowest BCUT2D eigenvalue weighted by molar-refractivity contribution is 0.702. The van der Waals surface area contributed by atoms with Crippen LogP contribution in [0.4, 0.5) is 0 Å². The van der Waals surface area contributed by atoms with E-state index in [1.54, 1.807) is 6.20 Å². The second-order valence-corrected chi connectivity index (χ2v) is 1.23. The van der Waals surface area contributed by atoms with Gasteiger partial charge in [0.15, 0.2) is 12.5 Å².